The fourth-order valence-corrected chi connectivity index (χ4v) is 1.22. The van der Waals surface area contributed by atoms with Crippen LogP contribution >= 0.6 is 11.6 Å². The Kier molecular flexibility index (Phi) is 5.92. The molecule has 0 spiro atoms. The molecule has 0 fully saturated rings. The lowest BCUT2D eigenvalue weighted by Crippen LogP contribution is -1.93. The molecule has 0 saturated heterocycles. The fraction of sp³-hybridized carbons (Fsp3) is 0.214. The predicted octanol–water partition coefficient (Wildman–Crippen LogP) is 2.85. The van der Waals surface area contributed by atoms with Crippen molar-refractivity contribution in [2.24, 2.45) is 0 Å². The number of halogens is 1. The Balaban J connectivity index is 2.66. The normalized spacial score (nSPS) is 9.76. The van der Waals surface area contributed by atoms with Gasteiger partial charge in [0.05, 0.1) is 7.11 Å². The first-order valence-corrected chi connectivity index (χ1v) is 5.70. The van der Waals surface area contributed by atoms with E-state index in [4.69, 9.17) is 11.6 Å². The van der Waals surface area contributed by atoms with Gasteiger partial charge in [-0.3, -0.25) is 0 Å². The lowest BCUT2D eigenvalue weighted by atomic mass is 10.1. The summed E-state index contributed by atoms with van der Waals surface area (Å²) in [5.41, 5.74) is 1.86. The number of benzene rings is 1. The van der Waals surface area contributed by atoms with Gasteiger partial charge in [-0.05, 0) is 23.8 Å². The quantitative estimate of drug-likeness (QED) is 0.356. The molecule has 0 heterocycles. The van der Waals surface area contributed by atoms with Crippen LogP contribution < -0.4 is 0 Å². The van der Waals surface area contributed by atoms with Gasteiger partial charge in [0.25, 0.3) is 0 Å². The second kappa shape index (κ2) is 7.54. The van der Waals surface area contributed by atoms with E-state index in [0.717, 1.165) is 11.1 Å². The minimum absolute atomic E-state index is 0.365. The molecule has 0 atom stereocenters. The Bertz CT molecular complexity index is 449. The molecule has 17 heavy (non-hydrogen) atoms. The summed E-state index contributed by atoms with van der Waals surface area (Å²) in [5.74, 6) is 6.14. The van der Waals surface area contributed by atoms with Gasteiger partial charge in [-0.25, -0.2) is 4.79 Å². The van der Waals surface area contributed by atoms with E-state index in [0.29, 0.717) is 12.3 Å². The number of carbonyl (C=O) groups is 1. The van der Waals surface area contributed by atoms with Gasteiger partial charge in [-0.15, -0.1) is 11.6 Å². The fourth-order valence-electron chi connectivity index (χ4n) is 1.12. The van der Waals surface area contributed by atoms with Crippen molar-refractivity contribution in [3.05, 3.63) is 41.5 Å². The third-order valence-corrected chi connectivity index (χ3v) is 2.16. The van der Waals surface area contributed by atoms with E-state index in [-0.39, 0.29) is 5.97 Å². The van der Waals surface area contributed by atoms with Crippen LogP contribution in [0.4, 0.5) is 0 Å². The molecule has 0 aliphatic rings. The molecule has 1 rings (SSSR count). The molecule has 88 valence electrons. The van der Waals surface area contributed by atoms with Gasteiger partial charge in [0, 0.05) is 23.9 Å². The van der Waals surface area contributed by atoms with Crippen LogP contribution in [0.3, 0.4) is 0 Å². The zero-order valence-electron chi connectivity index (χ0n) is 9.57. The Morgan fingerprint density at radius 2 is 2.12 bits per heavy atom. The Morgan fingerprint density at radius 1 is 1.41 bits per heavy atom. The molecule has 0 aromatic heterocycles. The average Bonchev–Trinajstić information content (AvgIpc) is 2.37. The number of alkyl halides is 1. The first-order chi connectivity index (χ1) is 8.26. The lowest BCUT2D eigenvalue weighted by molar-refractivity contribution is -0.134. The Labute approximate surface area is 106 Å². The highest BCUT2D eigenvalue weighted by Crippen LogP contribution is 2.05. The number of carbonyl (C=O) groups excluding carboxylic acids is 1. The maximum atomic E-state index is 10.9. The third-order valence-electron chi connectivity index (χ3n) is 1.98. The standard InChI is InChI=1S/C14H13ClO2/c1-17-14(16)10-9-13-7-5-12(6-8-13)4-2-3-11-15/h5-10H,3,11H2,1H3/b10-9+. The minimum Gasteiger partial charge on any atom is -0.466 e. The molecule has 0 N–H and O–H groups in total. The molecule has 1 aromatic carbocycles. The van der Waals surface area contributed by atoms with Crippen molar-refractivity contribution in [1.82, 2.24) is 0 Å². The van der Waals surface area contributed by atoms with Crippen molar-refractivity contribution in [2.75, 3.05) is 13.0 Å². The van der Waals surface area contributed by atoms with Crippen molar-refractivity contribution in [2.45, 2.75) is 6.42 Å². The number of hydrogen-bond donors (Lipinski definition) is 0. The average molecular weight is 249 g/mol. The van der Waals surface area contributed by atoms with Crippen molar-refractivity contribution < 1.29 is 9.53 Å². The highest BCUT2D eigenvalue weighted by molar-refractivity contribution is 6.18. The van der Waals surface area contributed by atoms with Crippen LogP contribution in [0, 0.1) is 11.8 Å². The van der Waals surface area contributed by atoms with Gasteiger partial charge < -0.3 is 4.74 Å². The second-order valence-corrected chi connectivity index (χ2v) is 3.60. The van der Waals surface area contributed by atoms with E-state index < -0.39 is 0 Å². The molecule has 3 heteroatoms. The van der Waals surface area contributed by atoms with Crippen molar-refractivity contribution >= 4 is 23.6 Å². The highest BCUT2D eigenvalue weighted by atomic mass is 35.5. The summed E-state index contributed by atoms with van der Waals surface area (Å²) in [6.07, 6.45) is 3.77. The monoisotopic (exact) mass is 248 g/mol. The smallest absolute Gasteiger partial charge is 0.330 e. The van der Waals surface area contributed by atoms with Gasteiger partial charge >= 0.3 is 5.97 Å². The molecule has 1 aromatic rings. The van der Waals surface area contributed by atoms with Crippen LogP contribution in [0.5, 0.6) is 0 Å². The van der Waals surface area contributed by atoms with E-state index in [1.807, 2.05) is 24.3 Å². The van der Waals surface area contributed by atoms with Gasteiger partial charge in [0.2, 0.25) is 0 Å². The largest absolute Gasteiger partial charge is 0.466 e. The molecular formula is C14H13ClO2. The van der Waals surface area contributed by atoms with Gasteiger partial charge in [0.15, 0.2) is 0 Å². The summed E-state index contributed by atoms with van der Waals surface area (Å²) in [4.78, 5) is 10.9. The molecule has 0 aliphatic heterocycles. The molecular weight excluding hydrogens is 236 g/mol. The van der Waals surface area contributed by atoms with Crippen molar-refractivity contribution in [3.63, 3.8) is 0 Å². The number of esters is 1. The van der Waals surface area contributed by atoms with Crippen LogP contribution in [0.1, 0.15) is 17.5 Å². The number of rotatable bonds is 3. The van der Waals surface area contributed by atoms with Crippen LogP contribution in [0.15, 0.2) is 30.3 Å². The zero-order chi connectivity index (χ0) is 12.5. The van der Waals surface area contributed by atoms with E-state index in [2.05, 4.69) is 16.6 Å². The van der Waals surface area contributed by atoms with E-state index >= 15 is 0 Å². The van der Waals surface area contributed by atoms with Crippen LogP contribution in [-0.4, -0.2) is 19.0 Å². The molecule has 0 aliphatic carbocycles. The predicted molar refractivity (Wildman–Crippen MR) is 69.7 cm³/mol. The molecule has 0 bridgehead atoms. The lowest BCUT2D eigenvalue weighted by Gasteiger charge is -1.94. The van der Waals surface area contributed by atoms with E-state index in [1.54, 1.807) is 6.08 Å². The van der Waals surface area contributed by atoms with Crippen LogP contribution in [0.2, 0.25) is 0 Å². The maximum Gasteiger partial charge on any atom is 0.330 e. The van der Waals surface area contributed by atoms with Crippen LogP contribution in [0.25, 0.3) is 6.08 Å². The number of ether oxygens (including phenoxy) is 1. The SMILES string of the molecule is COC(=O)/C=C/c1ccc(C#CCCCl)cc1. The molecule has 0 amide bonds. The van der Waals surface area contributed by atoms with Crippen LogP contribution in [-0.2, 0) is 9.53 Å². The topological polar surface area (TPSA) is 26.3 Å². The molecule has 2 nitrogen and oxygen atoms in total. The second-order valence-electron chi connectivity index (χ2n) is 3.22. The molecule has 0 saturated carbocycles. The molecule has 0 unspecified atom stereocenters. The van der Waals surface area contributed by atoms with E-state index in [1.165, 1.54) is 13.2 Å². The highest BCUT2D eigenvalue weighted by Gasteiger charge is 1.92. The maximum absolute atomic E-state index is 10.9. The zero-order valence-corrected chi connectivity index (χ0v) is 10.3. The first-order valence-electron chi connectivity index (χ1n) is 5.17. The summed E-state index contributed by atoms with van der Waals surface area (Å²) in [6.45, 7) is 0. The number of hydrogen-bond acceptors (Lipinski definition) is 2. The third kappa shape index (κ3) is 5.24. The minimum atomic E-state index is -0.365. The molecule has 0 radical (unpaired) electrons. The summed E-state index contributed by atoms with van der Waals surface area (Å²) < 4.78 is 4.50. The Hall–Kier alpha value is -1.72. The van der Waals surface area contributed by atoms with Crippen molar-refractivity contribution in [1.29, 1.82) is 0 Å². The van der Waals surface area contributed by atoms with E-state index in [9.17, 15) is 4.79 Å². The summed E-state index contributed by atoms with van der Waals surface area (Å²) in [5, 5.41) is 0. The Morgan fingerprint density at radius 3 is 2.71 bits per heavy atom. The summed E-state index contributed by atoms with van der Waals surface area (Å²) >= 11 is 5.52. The van der Waals surface area contributed by atoms with Gasteiger partial charge in [0.1, 0.15) is 0 Å². The summed E-state index contributed by atoms with van der Waals surface area (Å²) in [6, 6.07) is 7.59. The van der Waals surface area contributed by atoms with Gasteiger partial charge in [-0.2, -0.15) is 0 Å². The summed E-state index contributed by atoms with van der Waals surface area (Å²) in [7, 11) is 1.35. The van der Waals surface area contributed by atoms with Crippen molar-refractivity contribution in [3.8, 4) is 11.8 Å². The van der Waals surface area contributed by atoms with Gasteiger partial charge in [-0.1, -0.05) is 24.0 Å². The number of methoxy groups -OCH3 is 1. The first kappa shape index (κ1) is 13.3.